The lowest BCUT2D eigenvalue weighted by atomic mass is 10.1. The molecule has 1 atom stereocenters. The minimum absolute atomic E-state index is 0.277. The minimum atomic E-state index is -0.560. The van der Waals surface area contributed by atoms with Gasteiger partial charge in [-0.15, -0.1) is 0 Å². The molecule has 4 heteroatoms. The molecule has 1 unspecified atom stereocenters. The van der Waals surface area contributed by atoms with Gasteiger partial charge in [-0.05, 0) is 32.0 Å². The van der Waals surface area contributed by atoms with Crippen molar-refractivity contribution in [2.45, 2.75) is 20.0 Å². The normalized spacial score (nSPS) is 12.7. The Morgan fingerprint density at radius 3 is 2.21 bits per heavy atom. The highest BCUT2D eigenvalue weighted by Gasteiger charge is 2.32. The van der Waals surface area contributed by atoms with Crippen molar-refractivity contribution < 1.29 is 14.6 Å². The molecular weight excluding hydrogens is 302 g/mol. The number of nitrogens with zero attached hydrogens (tertiary/aromatic N) is 1. The van der Waals surface area contributed by atoms with Crippen LogP contribution in [-0.2, 0) is 0 Å². The van der Waals surface area contributed by atoms with Crippen molar-refractivity contribution in [1.29, 1.82) is 0 Å². The SMILES string of the molecule is CC[N+](CC)(CC(O)COc1ccccc1)c1ccccc1OC. The molecule has 0 radical (unpaired) electrons. The van der Waals surface area contributed by atoms with Crippen molar-refractivity contribution in [2.75, 3.05) is 33.4 Å². The molecule has 0 bridgehead atoms. The second-order valence-electron chi connectivity index (χ2n) is 5.91. The first-order chi connectivity index (χ1) is 11.6. The van der Waals surface area contributed by atoms with Gasteiger partial charge in [0.1, 0.15) is 25.0 Å². The molecule has 4 nitrogen and oxygen atoms in total. The summed E-state index contributed by atoms with van der Waals surface area (Å²) in [6, 6.07) is 17.6. The second-order valence-corrected chi connectivity index (χ2v) is 5.91. The number of aliphatic hydroxyl groups is 1. The summed E-state index contributed by atoms with van der Waals surface area (Å²) in [5, 5.41) is 10.6. The lowest BCUT2D eigenvalue weighted by Gasteiger charge is -2.38. The smallest absolute Gasteiger partial charge is 0.179 e. The zero-order chi connectivity index (χ0) is 17.4. The highest BCUT2D eigenvalue weighted by atomic mass is 16.5. The van der Waals surface area contributed by atoms with Crippen molar-refractivity contribution in [1.82, 2.24) is 4.48 Å². The Hall–Kier alpha value is -2.04. The third kappa shape index (κ3) is 4.28. The van der Waals surface area contributed by atoms with Gasteiger partial charge in [-0.2, -0.15) is 0 Å². The molecule has 0 aliphatic carbocycles. The molecular formula is C20H28NO3+. The van der Waals surface area contributed by atoms with Gasteiger partial charge in [-0.1, -0.05) is 30.3 Å². The number of para-hydroxylation sites is 3. The molecule has 0 fully saturated rings. The summed E-state index contributed by atoms with van der Waals surface area (Å²) >= 11 is 0. The number of benzene rings is 2. The average molecular weight is 330 g/mol. The summed E-state index contributed by atoms with van der Waals surface area (Å²) in [4.78, 5) is 0. The van der Waals surface area contributed by atoms with Gasteiger partial charge in [0, 0.05) is 6.07 Å². The average Bonchev–Trinajstić information content (AvgIpc) is 2.65. The van der Waals surface area contributed by atoms with Gasteiger partial charge in [-0.3, -0.25) is 4.48 Å². The van der Waals surface area contributed by atoms with E-state index in [-0.39, 0.29) is 6.61 Å². The highest BCUT2D eigenvalue weighted by Crippen LogP contribution is 2.33. The monoisotopic (exact) mass is 330 g/mol. The fourth-order valence-electron chi connectivity index (χ4n) is 3.11. The van der Waals surface area contributed by atoms with Crippen LogP contribution >= 0.6 is 0 Å². The largest absolute Gasteiger partial charge is 0.491 e. The van der Waals surface area contributed by atoms with E-state index in [0.717, 1.165) is 30.3 Å². The Balaban J connectivity index is 2.12. The Morgan fingerprint density at radius 2 is 1.58 bits per heavy atom. The van der Waals surface area contributed by atoms with Crippen LogP contribution < -0.4 is 14.0 Å². The zero-order valence-corrected chi connectivity index (χ0v) is 14.8. The molecule has 130 valence electrons. The summed E-state index contributed by atoms with van der Waals surface area (Å²) < 4.78 is 11.9. The maximum absolute atomic E-state index is 10.6. The van der Waals surface area contributed by atoms with Crippen LogP contribution in [0.2, 0.25) is 0 Å². The third-order valence-corrected chi connectivity index (χ3v) is 4.55. The first kappa shape index (κ1) is 18.3. The third-order valence-electron chi connectivity index (χ3n) is 4.55. The van der Waals surface area contributed by atoms with E-state index in [2.05, 4.69) is 19.9 Å². The molecule has 2 aromatic carbocycles. The Kier molecular flexibility index (Phi) is 6.64. The lowest BCUT2D eigenvalue weighted by molar-refractivity contribution is 0.0724. The van der Waals surface area contributed by atoms with Gasteiger partial charge >= 0.3 is 0 Å². The van der Waals surface area contributed by atoms with Crippen molar-refractivity contribution >= 4 is 5.69 Å². The van der Waals surface area contributed by atoms with Gasteiger partial charge < -0.3 is 14.6 Å². The summed E-state index contributed by atoms with van der Waals surface area (Å²) in [7, 11) is 1.69. The topological polar surface area (TPSA) is 38.7 Å². The van der Waals surface area contributed by atoms with Crippen molar-refractivity contribution in [3.8, 4) is 11.5 Å². The number of ether oxygens (including phenoxy) is 2. The van der Waals surface area contributed by atoms with E-state index in [1.165, 1.54) is 0 Å². The van der Waals surface area contributed by atoms with Crippen molar-refractivity contribution in [2.24, 2.45) is 0 Å². The minimum Gasteiger partial charge on any atom is -0.491 e. The molecule has 0 heterocycles. The number of aliphatic hydroxyl groups excluding tert-OH is 1. The van der Waals surface area contributed by atoms with Crippen LogP contribution in [0, 0.1) is 0 Å². The standard InChI is InChI=1S/C20H28NO3/c1-4-21(5-2,19-13-9-10-14-20(19)23-3)15-17(22)16-24-18-11-7-6-8-12-18/h6-14,17,22H,4-5,15-16H2,1-3H3/q+1. The van der Waals surface area contributed by atoms with Crippen LogP contribution in [0.15, 0.2) is 54.6 Å². The second kappa shape index (κ2) is 8.71. The number of methoxy groups -OCH3 is 1. The van der Waals surface area contributed by atoms with Crippen molar-refractivity contribution in [3.05, 3.63) is 54.6 Å². The maximum Gasteiger partial charge on any atom is 0.179 e. The Bertz CT molecular complexity index is 611. The number of rotatable bonds is 9. The van der Waals surface area contributed by atoms with E-state index in [1.54, 1.807) is 7.11 Å². The summed E-state index contributed by atoms with van der Waals surface area (Å²) in [5.41, 5.74) is 1.10. The maximum atomic E-state index is 10.6. The van der Waals surface area contributed by atoms with Crippen LogP contribution in [0.25, 0.3) is 0 Å². The summed E-state index contributed by atoms with van der Waals surface area (Å²) in [6.07, 6.45) is -0.560. The molecule has 2 aromatic rings. The van der Waals surface area contributed by atoms with Crippen LogP contribution in [-0.4, -0.2) is 44.6 Å². The summed E-state index contributed by atoms with van der Waals surface area (Å²) in [5.74, 6) is 1.64. The van der Waals surface area contributed by atoms with E-state index in [1.807, 2.05) is 48.5 Å². The fourth-order valence-corrected chi connectivity index (χ4v) is 3.11. The molecule has 0 aliphatic rings. The molecule has 1 N–H and O–H groups in total. The van der Waals surface area contributed by atoms with E-state index in [4.69, 9.17) is 9.47 Å². The van der Waals surface area contributed by atoms with Gasteiger partial charge in [0.05, 0.1) is 20.2 Å². The summed E-state index contributed by atoms with van der Waals surface area (Å²) in [6.45, 7) is 6.89. The zero-order valence-electron chi connectivity index (χ0n) is 14.8. The number of hydrogen-bond donors (Lipinski definition) is 1. The predicted octanol–water partition coefficient (Wildman–Crippen LogP) is 3.48. The van der Waals surface area contributed by atoms with E-state index < -0.39 is 6.10 Å². The van der Waals surface area contributed by atoms with Crippen LogP contribution in [0.1, 0.15) is 13.8 Å². The quantitative estimate of drug-likeness (QED) is 0.716. The fraction of sp³-hybridized carbons (Fsp3) is 0.400. The van der Waals surface area contributed by atoms with Crippen LogP contribution in [0.5, 0.6) is 11.5 Å². The molecule has 0 spiro atoms. The molecule has 24 heavy (non-hydrogen) atoms. The first-order valence-corrected chi connectivity index (χ1v) is 8.50. The van der Waals surface area contributed by atoms with Gasteiger partial charge in [0.25, 0.3) is 0 Å². The Morgan fingerprint density at radius 1 is 0.958 bits per heavy atom. The molecule has 2 rings (SSSR count). The molecule has 0 aromatic heterocycles. The molecule has 0 aliphatic heterocycles. The first-order valence-electron chi connectivity index (χ1n) is 8.50. The molecule has 0 amide bonds. The Labute approximate surface area is 144 Å². The van der Waals surface area contributed by atoms with E-state index >= 15 is 0 Å². The van der Waals surface area contributed by atoms with Gasteiger partial charge in [0.2, 0.25) is 0 Å². The highest BCUT2D eigenvalue weighted by molar-refractivity contribution is 5.55. The van der Waals surface area contributed by atoms with Gasteiger partial charge in [-0.25, -0.2) is 0 Å². The predicted molar refractivity (Wildman–Crippen MR) is 98.7 cm³/mol. The van der Waals surface area contributed by atoms with Crippen LogP contribution in [0.3, 0.4) is 0 Å². The van der Waals surface area contributed by atoms with Crippen molar-refractivity contribution in [3.63, 3.8) is 0 Å². The molecule has 0 saturated carbocycles. The number of quaternary nitrogens is 1. The lowest BCUT2D eigenvalue weighted by Crippen LogP contribution is -2.54. The van der Waals surface area contributed by atoms with E-state index in [0.29, 0.717) is 11.0 Å². The van der Waals surface area contributed by atoms with Crippen LogP contribution in [0.4, 0.5) is 5.69 Å². The number of likely N-dealkylation sites (N-methyl/N-ethyl adjacent to an activating group) is 1. The van der Waals surface area contributed by atoms with Gasteiger partial charge in [0.15, 0.2) is 11.4 Å². The van der Waals surface area contributed by atoms with E-state index in [9.17, 15) is 5.11 Å². The number of hydrogen-bond acceptors (Lipinski definition) is 3. The molecule has 0 saturated heterocycles.